The SMILES string of the molecule is COc1cccc(C(=O)N2CCCc3ccccc32)c1O. The fourth-order valence-corrected chi connectivity index (χ4v) is 2.75. The fourth-order valence-electron chi connectivity index (χ4n) is 2.75. The van der Waals surface area contributed by atoms with Crippen LogP contribution in [0.15, 0.2) is 42.5 Å². The van der Waals surface area contributed by atoms with Crippen LogP contribution in [0.2, 0.25) is 0 Å². The highest BCUT2D eigenvalue weighted by atomic mass is 16.5. The lowest BCUT2D eigenvalue weighted by Gasteiger charge is -2.29. The first-order chi connectivity index (χ1) is 10.2. The molecule has 3 rings (SSSR count). The summed E-state index contributed by atoms with van der Waals surface area (Å²) < 4.78 is 5.07. The molecular formula is C17H17NO3. The number of rotatable bonds is 2. The van der Waals surface area contributed by atoms with E-state index in [1.54, 1.807) is 23.1 Å². The predicted molar refractivity (Wildman–Crippen MR) is 81.1 cm³/mol. The number of aromatic hydroxyl groups is 1. The van der Waals surface area contributed by atoms with E-state index in [0.29, 0.717) is 12.3 Å². The summed E-state index contributed by atoms with van der Waals surface area (Å²) in [5, 5.41) is 10.2. The van der Waals surface area contributed by atoms with E-state index >= 15 is 0 Å². The Balaban J connectivity index is 2.01. The molecule has 0 unspecified atom stereocenters. The van der Waals surface area contributed by atoms with E-state index in [9.17, 15) is 9.90 Å². The first-order valence-electron chi connectivity index (χ1n) is 6.98. The molecule has 0 atom stereocenters. The van der Waals surface area contributed by atoms with Gasteiger partial charge in [-0.25, -0.2) is 0 Å². The second-order valence-electron chi connectivity index (χ2n) is 5.05. The number of benzene rings is 2. The summed E-state index contributed by atoms with van der Waals surface area (Å²) >= 11 is 0. The Morgan fingerprint density at radius 3 is 2.81 bits per heavy atom. The van der Waals surface area contributed by atoms with Crippen molar-refractivity contribution in [2.75, 3.05) is 18.6 Å². The summed E-state index contributed by atoms with van der Waals surface area (Å²) in [6.07, 6.45) is 1.90. The Kier molecular flexibility index (Phi) is 3.52. The number of fused-ring (bicyclic) bond motifs is 1. The molecule has 0 spiro atoms. The summed E-state index contributed by atoms with van der Waals surface area (Å²) in [7, 11) is 1.47. The molecule has 0 radical (unpaired) electrons. The number of nitrogens with zero attached hydrogens (tertiary/aromatic N) is 1. The molecule has 0 saturated carbocycles. The van der Waals surface area contributed by atoms with E-state index in [1.807, 2.05) is 24.3 Å². The van der Waals surface area contributed by atoms with Gasteiger partial charge in [-0.2, -0.15) is 0 Å². The van der Waals surface area contributed by atoms with Crippen LogP contribution in [0.25, 0.3) is 0 Å². The number of phenols is 1. The number of phenolic OH excluding ortho intramolecular Hbond substituents is 1. The summed E-state index contributed by atoms with van der Waals surface area (Å²) in [4.78, 5) is 14.5. The van der Waals surface area contributed by atoms with Crippen LogP contribution < -0.4 is 9.64 Å². The Bertz CT molecular complexity index is 681. The van der Waals surface area contributed by atoms with Crippen LogP contribution in [-0.2, 0) is 6.42 Å². The molecule has 1 aliphatic rings. The molecule has 4 heteroatoms. The summed E-state index contributed by atoms with van der Waals surface area (Å²) in [6.45, 7) is 0.659. The molecule has 0 aliphatic carbocycles. The molecule has 0 bridgehead atoms. The van der Waals surface area contributed by atoms with Gasteiger partial charge in [0.25, 0.3) is 5.91 Å². The second-order valence-corrected chi connectivity index (χ2v) is 5.05. The number of hydrogen-bond acceptors (Lipinski definition) is 3. The van der Waals surface area contributed by atoms with Crippen molar-refractivity contribution >= 4 is 11.6 Å². The molecule has 0 aromatic heterocycles. The van der Waals surface area contributed by atoms with Crippen LogP contribution >= 0.6 is 0 Å². The third kappa shape index (κ3) is 2.33. The van der Waals surface area contributed by atoms with Gasteiger partial charge in [0.05, 0.1) is 12.7 Å². The van der Waals surface area contributed by atoms with Gasteiger partial charge in [-0.3, -0.25) is 4.79 Å². The Hall–Kier alpha value is -2.49. The molecule has 108 valence electrons. The minimum absolute atomic E-state index is 0.104. The number of methoxy groups -OCH3 is 1. The second kappa shape index (κ2) is 5.48. The van der Waals surface area contributed by atoms with Crippen molar-refractivity contribution in [2.24, 2.45) is 0 Å². The summed E-state index contributed by atoms with van der Waals surface area (Å²) in [5.41, 5.74) is 2.36. The first-order valence-corrected chi connectivity index (χ1v) is 6.98. The Labute approximate surface area is 123 Å². The number of amides is 1. The zero-order valence-corrected chi connectivity index (χ0v) is 11.9. The van der Waals surface area contributed by atoms with Gasteiger partial charge in [0.15, 0.2) is 11.5 Å². The quantitative estimate of drug-likeness (QED) is 0.921. The number of aryl methyl sites for hydroxylation is 1. The molecule has 1 aliphatic heterocycles. The van der Waals surface area contributed by atoms with E-state index in [2.05, 4.69) is 0 Å². The molecule has 0 saturated heterocycles. The highest BCUT2D eigenvalue weighted by Gasteiger charge is 2.25. The van der Waals surface area contributed by atoms with Gasteiger partial charge in [-0.05, 0) is 36.6 Å². The zero-order chi connectivity index (χ0) is 14.8. The molecule has 1 amide bonds. The van der Waals surface area contributed by atoms with Crippen molar-refractivity contribution in [1.29, 1.82) is 0 Å². The van der Waals surface area contributed by atoms with Gasteiger partial charge < -0.3 is 14.7 Å². The topological polar surface area (TPSA) is 49.8 Å². The number of para-hydroxylation sites is 2. The standard InChI is InChI=1S/C17H17NO3/c1-21-15-10-4-8-13(16(15)19)17(20)18-11-5-7-12-6-2-3-9-14(12)18/h2-4,6,8-10,19H,5,7,11H2,1H3. The maximum absolute atomic E-state index is 12.8. The van der Waals surface area contributed by atoms with Crippen molar-refractivity contribution in [1.82, 2.24) is 0 Å². The van der Waals surface area contributed by atoms with Crippen LogP contribution in [-0.4, -0.2) is 24.7 Å². The van der Waals surface area contributed by atoms with Gasteiger partial charge in [-0.1, -0.05) is 24.3 Å². The minimum atomic E-state index is -0.196. The van der Waals surface area contributed by atoms with Crippen molar-refractivity contribution in [3.05, 3.63) is 53.6 Å². The van der Waals surface area contributed by atoms with Crippen molar-refractivity contribution in [3.63, 3.8) is 0 Å². The number of hydrogen-bond donors (Lipinski definition) is 1. The molecule has 0 fully saturated rings. The molecule has 2 aromatic carbocycles. The van der Waals surface area contributed by atoms with Gasteiger partial charge in [0, 0.05) is 12.2 Å². The lowest BCUT2D eigenvalue weighted by Crippen LogP contribution is -2.35. The minimum Gasteiger partial charge on any atom is -0.504 e. The lowest BCUT2D eigenvalue weighted by molar-refractivity contribution is 0.0982. The third-order valence-corrected chi connectivity index (χ3v) is 3.80. The van der Waals surface area contributed by atoms with Crippen LogP contribution in [0.1, 0.15) is 22.3 Å². The molecular weight excluding hydrogens is 266 g/mol. The fraction of sp³-hybridized carbons (Fsp3) is 0.235. The van der Waals surface area contributed by atoms with Crippen LogP contribution in [0.3, 0.4) is 0 Å². The smallest absolute Gasteiger partial charge is 0.262 e. The average Bonchev–Trinajstić information content (AvgIpc) is 2.54. The van der Waals surface area contributed by atoms with E-state index in [4.69, 9.17) is 4.74 Å². The normalized spacial score (nSPS) is 13.7. The molecule has 4 nitrogen and oxygen atoms in total. The summed E-state index contributed by atoms with van der Waals surface area (Å²) in [5.74, 6) is 0.0118. The maximum atomic E-state index is 12.8. The van der Waals surface area contributed by atoms with Crippen LogP contribution in [0.5, 0.6) is 11.5 Å². The third-order valence-electron chi connectivity index (χ3n) is 3.80. The maximum Gasteiger partial charge on any atom is 0.262 e. The van der Waals surface area contributed by atoms with Crippen LogP contribution in [0.4, 0.5) is 5.69 Å². The number of anilines is 1. The van der Waals surface area contributed by atoms with Gasteiger partial charge in [0.2, 0.25) is 0 Å². The molecule has 2 aromatic rings. The van der Waals surface area contributed by atoms with Crippen molar-refractivity contribution in [2.45, 2.75) is 12.8 Å². The van der Waals surface area contributed by atoms with E-state index < -0.39 is 0 Å². The predicted octanol–water partition coefficient (Wildman–Crippen LogP) is 2.99. The number of carbonyl (C=O) groups excluding carboxylic acids is 1. The van der Waals surface area contributed by atoms with E-state index in [1.165, 1.54) is 12.7 Å². The number of ether oxygens (including phenoxy) is 1. The van der Waals surface area contributed by atoms with E-state index in [-0.39, 0.29) is 17.2 Å². The largest absolute Gasteiger partial charge is 0.504 e. The van der Waals surface area contributed by atoms with Crippen molar-refractivity contribution < 1.29 is 14.6 Å². The molecule has 1 heterocycles. The zero-order valence-electron chi connectivity index (χ0n) is 11.9. The van der Waals surface area contributed by atoms with Gasteiger partial charge in [0.1, 0.15) is 0 Å². The van der Waals surface area contributed by atoms with Crippen molar-refractivity contribution in [3.8, 4) is 11.5 Å². The van der Waals surface area contributed by atoms with Gasteiger partial charge >= 0.3 is 0 Å². The highest BCUT2D eigenvalue weighted by Crippen LogP contribution is 2.33. The Morgan fingerprint density at radius 1 is 1.19 bits per heavy atom. The molecule has 1 N–H and O–H groups in total. The van der Waals surface area contributed by atoms with E-state index in [0.717, 1.165) is 18.5 Å². The lowest BCUT2D eigenvalue weighted by atomic mass is 10.0. The first kappa shape index (κ1) is 13.5. The van der Waals surface area contributed by atoms with Crippen LogP contribution in [0, 0.1) is 0 Å². The summed E-state index contributed by atoms with van der Waals surface area (Å²) in [6, 6.07) is 12.9. The number of carbonyl (C=O) groups is 1. The van der Waals surface area contributed by atoms with Gasteiger partial charge in [-0.15, -0.1) is 0 Å². The Morgan fingerprint density at radius 2 is 2.00 bits per heavy atom. The monoisotopic (exact) mass is 283 g/mol. The molecule has 21 heavy (non-hydrogen) atoms. The average molecular weight is 283 g/mol. The highest BCUT2D eigenvalue weighted by molar-refractivity contribution is 6.08.